The molecule has 2 fully saturated rings. The van der Waals surface area contributed by atoms with Crippen LogP contribution >= 0.6 is 24.0 Å². The normalized spacial score (nSPS) is 21.5. The van der Waals surface area contributed by atoms with Crippen molar-refractivity contribution in [3.8, 4) is 0 Å². The highest BCUT2D eigenvalue weighted by Gasteiger charge is 2.41. The molecule has 0 radical (unpaired) electrons. The van der Waals surface area contributed by atoms with Crippen molar-refractivity contribution in [3.63, 3.8) is 0 Å². The van der Waals surface area contributed by atoms with E-state index in [1.54, 1.807) is 25.8 Å². The molecule has 0 aromatic rings. The van der Waals surface area contributed by atoms with Gasteiger partial charge in [-0.25, -0.2) is 13.2 Å². The van der Waals surface area contributed by atoms with Crippen molar-refractivity contribution in [3.05, 3.63) is 0 Å². The number of halogens is 1. The number of nitrogens with zero attached hydrogens (tertiary/aromatic N) is 3. The Labute approximate surface area is 186 Å². The van der Waals surface area contributed by atoms with E-state index in [2.05, 4.69) is 10.3 Å². The van der Waals surface area contributed by atoms with Gasteiger partial charge in [0.1, 0.15) is 5.60 Å². The summed E-state index contributed by atoms with van der Waals surface area (Å²) in [6.07, 6.45) is 1.73. The number of nitrogens with one attached hydrogen (secondary N) is 1. The second kappa shape index (κ2) is 9.36. The lowest BCUT2D eigenvalue weighted by molar-refractivity contribution is 0.0237. The van der Waals surface area contributed by atoms with E-state index >= 15 is 0 Å². The number of carbonyl (C=O) groups is 1. The average molecular weight is 530 g/mol. The van der Waals surface area contributed by atoms with Gasteiger partial charge < -0.3 is 19.9 Å². The molecule has 10 heteroatoms. The summed E-state index contributed by atoms with van der Waals surface area (Å²) in [5, 5.41) is 3.27. The third-order valence-electron chi connectivity index (χ3n) is 4.81. The zero-order valence-electron chi connectivity index (χ0n) is 17.8. The molecule has 1 saturated carbocycles. The van der Waals surface area contributed by atoms with Crippen molar-refractivity contribution in [2.45, 2.75) is 63.9 Å². The molecule has 1 N–H and O–H groups in total. The number of carbonyl (C=O) groups excluding carboxylic acids is 1. The van der Waals surface area contributed by atoms with E-state index in [-0.39, 0.29) is 41.9 Å². The summed E-state index contributed by atoms with van der Waals surface area (Å²) in [5.41, 5.74) is -0.515. The molecule has 1 aliphatic heterocycles. The molecule has 8 nitrogen and oxygen atoms in total. The number of hydrogen-bond donors (Lipinski definition) is 1. The van der Waals surface area contributed by atoms with E-state index < -0.39 is 20.2 Å². The second-order valence-electron chi connectivity index (χ2n) is 8.88. The number of hydrogen-bond acceptors (Lipinski definition) is 5. The summed E-state index contributed by atoms with van der Waals surface area (Å²) in [4.78, 5) is 20.4. The van der Waals surface area contributed by atoms with Gasteiger partial charge in [-0.15, -0.1) is 24.0 Å². The Bertz CT molecular complexity index is 684. The predicted octanol–water partition coefficient (Wildman–Crippen LogP) is 2.09. The summed E-state index contributed by atoms with van der Waals surface area (Å²) in [7, 11) is -1.41. The molecule has 0 bridgehead atoms. The van der Waals surface area contributed by atoms with Gasteiger partial charge in [0.2, 0.25) is 0 Å². The number of rotatable bonds is 4. The largest absolute Gasteiger partial charge is 0.444 e. The minimum Gasteiger partial charge on any atom is -0.444 e. The van der Waals surface area contributed by atoms with Gasteiger partial charge >= 0.3 is 6.09 Å². The zero-order chi connectivity index (χ0) is 20.5. The first kappa shape index (κ1) is 25.3. The Morgan fingerprint density at radius 1 is 1.32 bits per heavy atom. The molecular weight excluding hydrogens is 495 g/mol. The number of ether oxygens (including phenoxy) is 1. The van der Waals surface area contributed by atoms with Crippen LogP contribution in [0.25, 0.3) is 0 Å². The van der Waals surface area contributed by atoms with Gasteiger partial charge in [0.15, 0.2) is 15.8 Å². The quantitative estimate of drug-likeness (QED) is 0.340. The fourth-order valence-electron chi connectivity index (χ4n) is 3.07. The Morgan fingerprint density at radius 2 is 1.93 bits per heavy atom. The van der Waals surface area contributed by atoms with E-state index in [0.717, 1.165) is 12.8 Å². The summed E-state index contributed by atoms with van der Waals surface area (Å²) in [6.45, 7) is 11.0. The average Bonchev–Trinajstić information content (AvgIpc) is 3.33. The molecule has 2 aliphatic rings. The fourth-order valence-corrected chi connectivity index (χ4v) is 4.44. The number of sulfone groups is 1. The highest BCUT2D eigenvalue weighted by atomic mass is 127. The summed E-state index contributed by atoms with van der Waals surface area (Å²) in [5.74, 6) is 0.783. The maximum absolute atomic E-state index is 12.4. The van der Waals surface area contributed by atoms with Crippen molar-refractivity contribution in [1.29, 1.82) is 0 Å². The molecule has 0 unspecified atom stereocenters. The summed E-state index contributed by atoms with van der Waals surface area (Å²) >= 11 is 0. The van der Waals surface area contributed by atoms with E-state index in [9.17, 15) is 13.2 Å². The number of guanidine groups is 1. The Kier molecular flexibility index (Phi) is 8.44. The Hall–Kier alpha value is -0.780. The van der Waals surface area contributed by atoms with Crippen molar-refractivity contribution in [2.75, 3.05) is 39.0 Å². The number of amides is 1. The van der Waals surface area contributed by atoms with Crippen molar-refractivity contribution in [2.24, 2.45) is 4.99 Å². The van der Waals surface area contributed by atoms with Gasteiger partial charge in [-0.05, 0) is 47.5 Å². The lowest BCUT2D eigenvalue weighted by atomic mass is 10.2. The molecule has 164 valence electrons. The minimum absolute atomic E-state index is 0. The van der Waals surface area contributed by atoms with Crippen molar-refractivity contribution >= 4 is 45.9 Å². The van der Waals surface area contributed by atoms with Crippen molar-refractivity contribution < 1.29 is 17.9 Å². The third-order valence-corrected chi connectivity index (χ3v) is 7.34. The van der Waals surface area contributed by atoms with Gasteiger partial charge in [-0.1, -0.05) is 0 Å². The van der Waals surface area contributed by atoms with E-state index in [0.29, 0.717) is 32.1 Å². The molecular formula is C18H35IN4O4S. The van der Waals surface area contributed by atoms with E-state index in [1.807, 2.05) is 25.7 Å². The van der Waals surface area contributed by atoms with Crippen LogP contribution in [0.15, 0.2) is 4.99 Å². The first-order valence-electron chi connectivity index (χ1n) is 9.54. The van der Waals surface area contributed by atoms with Crippen LogP contribution in [0.5, 0.6) is 0 Å². The molecule has 1 saturated heterocycles. The van der Waals surface area contributed by atoms with Crippen LogP contribution in [-0.4, -0.2) is 85.6 Å². The smallest absolute Gasteiger partial charge is 0.410 e. The predicted molar refractivity (Wildman–Crippen MR) is 122 cm³/mol. The fraction of sp³-hybridized carbons (Fsp3) is 0.889. The van der Waals surface area contributed by atoms with Crippen LogP contribution in [0.3, 0.4) is 0 Å². The monoisotopic (exact) mass is 530 g/mol. The molecule has 28 heavy (non-hydrogen) atoms. The zero-order valence-corrected chi connectivity index (χ0v) is 21.0. The highest BCUT2D eigenvalue weighted by molar-refractivity contribution is 14.0. The first-order chi connectivity index (χ1) is 12.4. The highest BCUT2D eigenvalue weighted by Crippen LogP contribution is 2.28. The minimum atomic E-state index is -3.10. The maximum atomic E-state index is 12.4. The van der Waals surface area contributed by atoms with Crippen LogP contribution in [0.1, 0.15) is 47.5 Å². The third kappa shape index (κ3) is 6.64. The Morgan fingerprint density at radius 3 is 2.39 bits per heavy atom. The van der Waals surface area contributed by atoms with Crippen LogP contribution in [0, 0.1) is 0 Å². The lowest BCUT2D eigenvalue weighted by Crippen LogP contribution is -2.57. The standard InChI is InChI=1S/C18H34N4O4S.HI/c1-17(2,3)26-16(23)22(14-7-8-14)10-9-20-15(19-6)21-11-12-27(24,25)18(4,5)13-21;/h14H,7-13H2,1-6H3,(H,19,20);1H. The van der Waals surface area contributed by atoms with Gasteiger partial charge in [0, 0.05) is 39.3 Å². The second-order valence-corrected chi connectivity index (χ2v) is 11.6. The molecule has 0 spiro atoms. The van der Waals surface area contributed by atoms with Gasteiger partial charge in [-0.3, -0.25) is 4.99 Å². The SMILES string of the molecule is CN=C(NCCN(C(=O)OC(C)(C)C)C1CC1)N1CCS(=O)(=O)C(C)(C)C1.I. The molecule has 1 amide bonds. The van der Waals surface area contributed by atoms with Crippen LogP contribution < -0.4 is 5.32 Å². The van der Waals surface area contributed by atoms with Crippen LogP contribution in [-0.2, 0) is 14.6 Å². The Balaban J connectivity index is 0.00000392. The molecule has 0 atom stereocenters. The first-order valence-corrected chi connectivity index (χ1v) is 11.2. The molecule has 1 aliphatic carbocycles. The topological polar surface area (TPSA) is 91.3 Å². The number of aliphatic imine (C=N–C) groups is 1. The van der Waals surface area contributed by atoms with Gasteiger partial charge in [0.25, 0.3) is 0 Å². The van der Waals surface area contributed by atoms with E-state index in [1.165, 1.54) is 0 Å². The molecule has 0 aromatic carbocycles. The summed E-state index contributed by atoms with van der Waals surface area (Å²) < 4.78 is 29.1. The van der Waals surface area contributed by atoms with Crippen LogP contribution in [0.4, 0.5) is 4.79 Å². The molecule has 0 aromatic heterocycles. The van der Waals surface area contributed by atoms with Crippen LogP contribution in [0.2, 0.25) is 0 Å². The lowest BCUT2D eigenvalue weighted by Gasteiger charge is -2.39. The van der Waals surface area contributed by atoms with E-state index in [4.69, 9.17) is 4.74 Å². The van der Waals surface area contributed by atoms with Crippen molar-refractivity contribution in [1.82, 2.24) is 15.1 Å². The molecule has 1 heterocycles. The summed E-state index contributed by atoms with van der Waals surface area (Å²) in [6, 6.07) is 0.253. The van der Waals surface area contributed by atoms with Gasteiger partial charge in [0.05, 0.1) is 10.5 Å². The maximum Gasteiger partial charge on any atom is 0.410 e. The molecule has 2 rings (SSSR count). The van der Waals surface area contributed by atoms with Gasteiger partial charge in [-0.2, -0.15) is 0 Å².